The zero-order valence-electron chi connectivity index (χ0n) is 28.5. The van der Waals surface area contributed by atoms with Crippen LogP contribution in [0.1, 0.15) is 46.5 Å². The minimum atomic E-state index is -0.654. The first kappa shape index (κ1) is 32.3. The molecule has 8 rings (SSSR count). The number of esters is 1. The van der Waals surface area contributed by atoms with E-state index in [1.54, 1.807) is 0 Å². The van der Waals surface area contributed by atoms with Crippen molar-refractivity contribution >= 4 is 29.8 Å². The first-order chi connectivity index (χ1) is 23.4. The van der Waals surface area contributed by atoms with Gasteiger partial charge in [0.2, 0.25) is 17.7 Å². The van der Waals surface area contributed by atoms with Gasteiger partial charge in [-0.3, -0.25) is 19.2 Å². The quantitative estimate of drug-likeness (QED) is 0.229. The molecular formula is C38H48N4O7. The number of methoxy groups -OCH3 is 1. The highest BCUT2D eigenvalue weighted by molar-refractivity contribution is 5.88. The number of hydrogen-bond donors (Lipinski definition) is 4. The summed E-state index contributed by atoms with van der Waals surface area (Å²) in [6, 6.07) is -1.45. The Morgan fingerprint density at radius 1 is 0.490 bits per heavy atom. The second-order valence-electron chi connectivity index (χ2n) is 16.7. The summed E-state index contributed by atoms with van der Waals surface area (Å²) < 4.78 is 10.6. The summed E-state index contributed by atoms with van der Waals surface area (Å²) in [5, 5.41) is 12.8. The Balaban J connectivity index is 0.955. The highest BCUT2D eigenvalue weighted by Gasteiger charge is 2.56. The maximum Gasteiger partial charge on any atom is 0.407 e. The molecule has 4 amide bonds. The Labute approximate surface area is 287 Å². The standard InChI is InChI=1S/C38H48N4O7/c1-38(2,3)49-37(47)42-31-23-11-7-19(15-23)27(31)35(45)40-29-21-9-5-17(13-21)25(29)33(43)39-30-22-10-6-18(14-22)26(30)34(44)41-32-24-12-8-20(16-24)28(32)36(46)48-4/h5-12,17-32H,13-16H2,1-4H3,(H,39,43)(H,40,45)(H,41,44)(H,42,47)/t17-,18-,19-,20-,21+,22+,23+,24+,25+,26+,27+,28+,29-,30-,31-,32-/m1/s1. The lowest BCUT2D eigenvalue weighted by Crippen LogP contribution is -2.57. The van der Waals surface area contributed by atoms with Crippen molar-refractivity contribution in [1.82, 2.24) is 21.3 Å². The second-order valence-corrected chi connectivity index (χ2v) is 16.7. The fraction of sp³-hybridized carbons (Fsp3) is 0.658. The number of rotatable bonds is 8. The zero-order chi connectivity index (χ0) is 34.4. The fourth-order valence-corrected chi connectivity index (χ4v) is 10.8. The molecule has 262 valence electrons. The van der Waals surface area contributed by atoms with Crippen LogP contribution in [0.5, 0.6) is 0 Å². The molecule has 16 atom stereocenters. The lowest BCUT2D eigenvalue weighted by Gasteiger charge is -2.35. The number of ether oxygens (including phenoxy) is 2. The van der Waals surface area contributed by atoms with E-state index in [1.807, 2.05) is 20.8 Å². The van der Waals surface area contributed by atoms with Crippen LogP contribution < -0.4 is 21.3 Å². The average molecular weight is 673 g/mol. The molecular weight excluding hydrogens is 624 g/mol. The van der Waals surface area contributed by atoms with Crippen LogP contribution in [0.4, 0.5) is 4.79 Å². The van der Waals surface area contributed by atoms with Gasteiger partial charge < -0.3 is 30.7 Å². The van der Waals surface area contributed by atoms with Crippen molar-refractivity contribution in [2.45, 2.75) is 76.2 Å². The smallest absolute Gasteiger partial charge is 0.407 e. The van der Waals surface area contributed by atoms with Gasteiger partial charge in [0.25, 0.3) is 0 Å². The van der Waals surface area contributed by atoms with Gasteiger partial charge in [0.15, 0.2) is 0 Å². The molecule has 0 radical (unpaired) electrons. The molecule has 11 nitrogen and oxygen atoms in total. The maximum absolute atomic E-state index is 14.2. The molecule has 0 aliphatic heterocycles. The molecule has 4 saturated carbocycles. The summed E-state index contributed by atoms with van der Waals surface area (Å²) in [6.07, 6.45) is 19.3. The lowest BCUT2D eigenvalue weighted by atomic mass is 9.83. The van der Waals surface area contributed by atoms with Crippen LogP contribution in [0.25, 0.3) is 0 Å². The Bertz CT molecular complexity index is 1560. The molecule has 0 saturated heterocycles. The van der Waals surface area contributed by atoms with Gasteiger partial charge in [0, 0.05) is 18.1 Å². The first-order valence-electron chi connectivity index (χ1n) is 18.1. The van der Waals surface area contributed by atoms with E-state index in [9.17, 15) is 24.0 Å². The molecule has 0 aromatic carbocycles. The van der Waals surface area contributed by atoms with Crippen LogP contribution in [0.2, 0.25) is 0 Å². The van der Waals surface area contributed by atoms with Crippen LogP contribution in [0.15, 0.2) is 48.6 Å². The third kappa shape index (κ3) is 5.51. The molecule has 8 aliphatic carbocycles. The lowest BCUT2D eigenvalue weighted by molar-refractivity contribution is -0.147. The average Bonchev–Trinajstić information content (AvgIpc) is 3.90. The van der Waals surface area contributed by atoms with Gasteiger partial charge >= 0.3 is 12.1 Å². The van der Waals surface area contributed by atoms with Crippen LogP contribution in [0, 0.1) is 71.0 Å². The molecule has 8 bridgehead atoms. The normalized spacial score (nSPS) is 44.1. The highest BCUT2D eigenvalue weighted by Crippen LogP contribution is 2.49. The van der Waals surface area contributed by atoms with Gasteiger partial charge in [-0.2, -0.15) is 0 Å². The molecule has 0 unspecified atom stereocenters. The maximum atomic E-state index is 14.2. The predicted octanol–water partition coefficient (Wildman–Crippen LogP) is 2.80. The van der Waals surface area contributed by atoms with Crippen molar-refractivity contribution in [3.05, 3.63) is 48.6 Å². The Morgan fingerprint density at radius 2 is 0.796 bits per heavy atom. The van der Waals surface area contributed by atoms with Crippen molar-refractivity contribution in [2.24, 2.45) is 71.0 Å². The van der Waals surface area contributed by atoms with Crippen molar-refractivity contribution in [3.63, 3.8) is 0 Å². The van der Waals surface area contributed by atoms with Crippen molar-refractivity contribution < 1.29 is 33.4 Å². The van der Waals surface area contributed by atoms with Gasteiger partial charge in [-0.15, -0.1) is 0 Å². The van der Waals surface area contributed by atoms with Crippen LogP contribution in [-0.2, 0) is 28.7 Å². The molecule has 8 aliphatic rings. The number of alkyl carbamates (subject to hydrolysis) is 1. The minimum Gasteiger partial charge on any atom is -0.469 e. The SMILES string of the molecule is COC(=O)[C@@H]1[C@H](NC(=O)[C@@H]2[C@H](NC(=O)[C@@H]3[C@H](NC(=O)[C@@H]4[C@H](NC(=O)OC(C)(C)C)[C@H]5C=C[C@@H]4C5)[C@H]4C=C[C@@H]3C4)[C@H]3C=C[C@@H]2C3)[C@H]2C=C[C@@H]1C2. The number of fused-ring (bicyclic) bond motifs is 8. The summed E-state index contributed by atoms with van der Waals surface area (Å²) in [4.78, 5) is 67.6. The summed E-state index contributed by atoms with van der Waals surface area (Å²) in [5.74, 6) is -2.17. The van der Waals surface area contributed by atoms with E-state index < -0.39 is 35.4 Å². The Hall–Kier alpha value is -3.89. The minimum absolute atomic E-state index is 0.00559. The number of carbonyl (C=O) groups excluding carboxylic acids is 5. The number of amides is 4. The van der Waals surface area contributed by atoms with Gasteiger partial charge in [0.1, 0.15) is 5.60 Å². The third-order valence-electron chi connectivity index (χ3n) is 12.8. The molecule has 0 heterocycles. The number of carbonyl (C=O) groups is 5. The van der Waals surface area contributed by atoms with Crippen molar-refractivity contribution in [3.8, 4) is 0 Å². The van der Waals surface area contributed by atoms with E-state index in [1.165, 1.54) is 7.11 Å². The van der Waals surface area contributed by atoms with Crippen LogP contribution in [0.3, 0.4) is 0 Å². The van der Waals surface area contributed by atoms with Crippen LogP contribution in [-0.4, -0.2) is 66.7 Å². The summed E-state index contributed by atoms with van der Waals surface area (Å²) >= 11 is 0. The van der Waals surface area contributed by atoms with E-state index in [4.69, 9.17) is 9.47 Å². The topological polar surface area (TPSA) is 152 Å². The number of hydrogen-bond acceptors (Lipinski definition) is 7. The summed E-state index contributed by atoms with van der Waals surface area (Å²) in [5.41, 5.74) is -0.654. The van der Waals surface area contributed by atoms with Gasteiger partial charge in [-0.1, -0.05) is 48.6 Å². The van der Waals surface area contributed by atoms with E-state index >= 15 is 0 Å². The fourth-order valence-electron chi connectivity index (χ4n) is 10.8. The van der Waals surface area contributed by atoms with Crippen molar-refractivity contribution in [2.75, 3.05) is 7.11 Å². The molecule has 11 heteroatoms. The summed E-state index contributed by atoms with van der Waals surface area (Å²) in [7, 11) is 1.39. The number of allylic oxidation sites excluding steroid dienone is 4. The third-order valence-corrected chi connectivity index (χ3v) is 12.8. The highest BCUT2D eigenvalue weighted by atomic mass is 16.6. The molecule has 49 heavy (non-hydrogen) atoms. The first-order valence-corrected chi connectivity index (χ1v) is 18.1. The Kier molecular flexibility index (Phi) is 7.83. The molecule has 4 N–H and O–H groups in total. The van der Waals surface area contributed by atoms with E-state index in [2.05, 4.69) is 69.9 Å². The number of nitrogens with one attached hydrogen (secondary N) is 4. The molecule has 0 aromatic rings. The predicted molar refractivity (Wildman–Crippen MR) is 178 cm³/mol. The Morgan fingerprint density at radius 3 is 1.14 bits per heavy atom. The second kappa shape index (κ2) is 11.9. The van der Waals surface area contributed by atoms with Gasteiger partial charge in [-0.05, 0) is 93.8 Å². The molecule has 4 fully saturated rings. The molecule has 0 spiro atoms. The largest absolute Gasteiger partial charge is 0.469 e. The van der Waals surface area contributed by atoms with Gasteiger partial charge in [0.05, 0.1) is 36.8 Å². The van der Waals surface area contributed by atoms with E-state index in [0.29, 0.717) is 0 Å². The van der Waals surface area contributed by atoms with Gasteiger partial charge in [-0.25, -0.2) is 4.79 Å². The van der Waals surface area contributed by atoms with Crippen LogP contribution >= 0.6 is 0 Å². The summed E-state index contributed by atoms with van der Waals surface area (Å²) in [6.45, 7) is 5.43. The zero-order valence-corrected chi connectivity index (χ0v) is 28.5. The van der Waals surface area contributed by atoms with E-state index in [0.717, 1.165) is 25.7 Å². The monoisotopic (exact) mass is 672 g/mol. The molecule has 0 aromatic heterocycles. The van der Waals surface area contributed by atoms with E-state index in [-0.39, 0.29) is 95.2 Å². The van der Waals surface area contributed by atoms with Crippen molar-refractivity contribution in [1.29, 1.82) is 0 Å².